The van der Waals surface area contributed by atoms with Crippen LogP contribution in [0.1, 0.15) is 34.4 Å². The van der Waals surface area contributed by atoms with Crippen LogP contribution in [-0.2, 0) is 27.4 Å². The van der Waals surface area contributed by atoms with E-state index < -0.39 is 6.04 Å². The van der Waals surface area contributed by atoms with Crippen molar-refractivity contribution in [1.29, 1.82) is 0 Å². The summed E-state index contributed by atoms with van der Waals surface area (Å²) in [7, 11) is 0. The maximum atomic E-state index is 13.7. The third-order valence-corrected chi connectivity index (χ3v) is 7.60. The number of rotatable bonds is 10. The van der Waals surface area contributed by atoms with Crippen molar-refractivity contribution in [3.8, 4) is 11.6 Å². The predicted octanol–water partition coefficient (Wildman–Crippen LogP) is 3.43. The molecule has 5 rings (SSSR count). The van der Waals surface area contributed by atoms with E-state index in [1.165, 1.54) is 27.5 Å². The van der Waals surface area contributed by atoms with Crippen LogP contribution < -0.4 is 5.32 Å². The summed E-state index contributed by atoms with van der Waals surface area (Å²) in [5, 5.41) is 19.2. The summed E-state index contributed by atoms with van der Waals surface area (Å²) < 4.78 is 11.2. The van der Waals surface area contributed by atoms with Crippen LogP contribution in [0.15, 0.2) is 51.6 Å². The number of ether oxygens (including phenoxy) is 1. The number of thiophene rings is 2. The second-order valence-corrected chi connectivity index (χ2v) is 10.5. The van der Waals surface area contributed by atoms with Crippen molar-refractivity contribution < 1.29 is 18.7 Å². The minimum atomic E-state index is -0.795. The molecule has 0 aliphatic carbocycles. The molecule has 2 atom stereocenters. The molecule has 4 aromatic heterocycles. The van der Waals surface area contributed by atoms with Crippen LogP contribution in [0, 0.1) is 6.92 Å². The molecule has 1 saturated heterocycles. The SMILES string of the molecule is Cc1ccc(-c2nnn(CC(=O)N(Cc3cccs3)[C@@H](C(=O)NC[C@@H]3CCCO3)c3cccs3)n2)o1. The smallest absolute Gasteiger partial charge is 0.248 e. The summed E-state index contributed by atoms with van der Waals surface area (Å²) in [5.41, 5.74) is 0. The summed E-state index contributed by atoms with van der Waals surface area (Å²) in [5.74, 6) is 0.966. The van der Waals surface area contributed by atoms with Crippen molar-refractivity contribution >= 4 is 34.5 Å². The highest BCUT2D eigenvalue weighted by atomic mass is 32.1. The standard InChI is InChI=1S/C24H26N6O4S2/c1-16-8-9-19(34-16)23-26-28-30(27-23)15-21(31)29(14-18-6-3-11-35-18)22(20-7-4-12-36-20)24(32)25-13-17-5-2-10-33-17/h3-4,6-9,11-12,17,22H,2,5,10,13-15H2,1H3,(H,25,32)/t17-,22+/m0/s1. The fourth-order valence-corrected chi connectivity index (χ4v) is 5.59. The van der Waals surface area contributed by atoms with E-state index in [2.05, 4.69) is 20.7 Å². The molecule has 188 valence electrons. The van der Waals surface area contributed by atoms with Gasteiger partial charge in [0.25, 0.3) is 0 Å². The number of carbonyl (C=O) groups excluding carboxylic acids is 2. The minimum absolute atomic E-state index is 0.00221. The first-order valence-electron chi connectivity index (χ1n) is 11.7. The number of nitrogens with zero attached hydrogens (tertiary/aromatic N) is 5. The minimum Gasteiger partial charge on any atom is -0.458 e. The van der Waals surface area contributed by atoms with E-state index >= 15 is 0 Å². The number of furan rings is 1. The second-order valence-electron chi connectivity index (χ2n) is 8.45. The molecule has 0 bridgehead atoms. The molecule has 0 saturated carbocycles. The van der Waals surface area contributed by atoms with Gasteiger partial charge in [0.2, 0.25) is 17.6 Å². The van der Waals surface area contributed by atoms with Crippen molar-refractivity contribution in [2.75, 3.05) is 13.2 Å². The van der Waals surface area contributed by atoms with Crippen LogP contribution in [0.2, 0.25) is 0 Å². The largest absolute Gasteiger partial charge is 0.458 e. The molecule has 5 heterocycles. The first-order chi connectivity index (χ1) is 17.6. The van der Waals surface area contributed by atoms with Crippen LogP contribution >= 0.6 is 22.7 Å². The molecular weight excluding hydrogens is 500 g/mol. The van der Waals surface area contributed by atoms with Crippen LogP contribution in [0.5, 0.6) is 0 Å². The van der Waals surface area contributed by atoms with Gasteiger partial charge in [0.1, 0.15) is 18.3 Å². The Balaban J connectivity index is 1.38. The molecule has 0 spiro atoms. The Labute approximate surface area is 215 Å². The second kappa shape index (κ2) is 11.1. The van der Waals surface area contributed by atoms with Gasteiger partial charge in [-0.15, -0.1) is 32.9 Å². The van der Waals surface area contributed by atoms with Gasteiger partial charge >= 0.3 is 0 Å². The zero-order chi connectivity index (χ0) is 24.9. The molecular formula is C24H26N6O4S2. The molecule has 36 heavy (non-hydrogen) atoms. The molecule has 12 heteroatoms. The van der Waals surface area contributed by atoms with Crippen molar-refractivity contribution in [1.82, 2.24) is 30.4 Å². The molecule has 0 unspecified atom stereocenters. The highest BCUT2D eigenvalue weighted by Gasteiger charge is 2.33. The lowest BCUT2D eigenvalue weighted by Crippen LogP contribution is -2.45. The van der Waals surface area contributed by atoms with Crippen molar-refractivity contribution in [3.63, 3.8) is 0 Å². The Bertz CT molecular complexity index is 1280. The topological polar surface area (TPSA) is 115 Å². The molecule has 1 fully saturated rings. The van der Waals surface area contributed by atoms with Gasteiger partial charge in [0.15, 0.2) is 5.76 Å². The van der Waals surface area contributed by atoms with Gasteiger partial charge in [-0.05, 0) is 60.0 Å². The highest BCUT2D eigenvalue weighted by molar-refractivity contribution is 7.10. The first-order valence-corrected chi connectivity index (χ1v) is 13.4. The molecule has 2 amide bonds. The lowest BCUT2D eigenvalue weighted by atomic mass is 10.1. The van der Waals surface area contributed by atoms with E-state index in [0.29, 0.717) is 24.7 Å². The summed E-state index contributed by atoms with van der Waals surface area (Å²) in [4.78, 5) is 31.7. The van der Waals surface area contributed by atoms with Crippen LogP contribution in [0.25, 0.3) is 11.6 Å². The van der Waals surface area contributed by atoms with Gasteiger partial charge in [-0.3, -0.25) is 9.59 Å². The molecule has 1 N–H and O–H groups in total. The number of amides is 2. The Morgan fingerprint density at radius 3 is 2.78 bits per heavy atom. The van der Waals surface area contributed by atoms with Gasteiger partial charge in [-0.1, -0.05) is 12.1 Å². The lowest BCUT2D eigenvalue weighted by Gasteiger charge is -2.30. The number of hydrogen-bond acceptors (Lipinski definition) is 9. The predicted molar refractivity (Wildman–Crippen MR) is 134 cm³/mol. The number of hydrogen-bond donors (Lipinski definition) is 1. The van der Waals surface area contributed by atoms with E-state index in [0.717, 1.165) is 28.4 Å². The van der Waals surface area contributed by atoms with Gasteiger partial charge < -0.3 is 19.4 Å². The van der Waals surface area contributed by atoms with E-state index in [9.17, 15) is 9.59 Å². The normalized spacial score (nSPS) is 16.2. The molecule has 0 radical (unpaired) electrons. The van der Waals surface area contributed by atoms with Gasteiger partial charge in [0, 0.05) is 22.9 Å². The van der Waals surface area contributed by atoms with Crippen LogP contribution in [-0.4, -0.2) is 56.2 Å². The summed E-state index contributed by atoms with van der Waals surface area (Å²) in [6, 6.07) is 10.4. The number of aromatic nitrogens is 4. The van der Waals surface area contributed by atoms with E-state index in [-0.39, 0.29) is 31.0 Å². The fraction of sp³-hybridized carbons (Fsp3) is 0.375. The van der Waals surface area contributed by atoms with Crippen molar-refractivity contribution in [2.24, 2.45) is 0 Å². The fourth-order valence-electron chi connectivity index (χ4n) is 4.06. The van der Waals surface area contributed by atoms with Crippen LogP contribution in [0.3, 0.4) is 0 Å². The third kappa shape index (κ3) is 5.72. The number of nitrogens with one attached hydrogen (secondary N) is 1. The summed E-state index contributed by atoms with van der Waals surface area (Å²) in [6.07, 6.45) is 1.90. The summed E-state index contributed by atoms with van der Waals surface area (Å²) in [6.45, 7) is 3.07. The number of aryl methyl sites for hydroxylation is 1. The molecule has 0 aromatic carbocycles. The lowest BCUT2D eigenvalue weighted by molar-refractivity contribution is -0.142. The zero-order valence-corrected chi connectivity index (χ0v) is 21.3. The van der Waals surface area contributed by atoms with Gasteiger partial charge in [0.05, 0.1) is 12.6 Å². The highest BCUT2D eigenvalue weighted by Crippen LogP contribution is 2.29. The Kier molecular flexibility index (Phi) is 7.54. The van der Waals surface area contributed by atoms with Crippen molar-refractivity contribution in [3.05, 3.63) is 62.7 Å². The Morgan fingerprint density at radius 2 is 2.08 bits per heavy atom. The Hall–Kier alpha value is -3.35. The molecule has 1 aliphatic rings. The number of carbonyl (C=O) groups is 2. The maximum Gasteiger partial charge on any atom is 0.248 e. The first kappa shape index (κ1) is 24.3. The monoisotopic (exact) mass is 526 g/mol. The molecule has 10 nitrogen and oxygen atoms in total. The average molecular weight is 527 g/mol. The van der Waals surface area contributed by atoms with E-state index in [4.69, 9.17) is 9.15 Å². The zero-order valence-electron chi connectivity index (χ0n) is 19.7. The molecule has 1 aliphatic heterocycles. The van der Waals surface area contributed by atoms with Crippen molar-refractivity contribution in [2.45, 2.75) is 45.0 Å². The quantitative estimate of drug-likeness (QED) is 0.337. The Morgan fingerprint density at radius 1 is 1.22 bits per heavy atom. The van der Waals surface area contributed by atoms with Gasteiger partial charge in [-0.25, -0.2) is 0 Å². The third-order valence-electron chi connectivity index (χ3n) is 5.82. The molecule has 4 aromatic rings. The van der Waals surface area contributed by atoms with Crippen LogP contribution in [0.4, 0.5) is 0 Å². The maximum absolute atomic E-state index is 13.7. The van der Waals surface area contributed by atoms with E-state index in [1.54, 1.807) is 11.0 Å². The average Bonchev–Trinajstić information content (AvgIpc) is 3.68. The van der Waals surface area contributed by atoms with Gasteiger partial charge in [-0.2, -0.15) is 4.80 Å². The summed E-state index contributed by atoms with van der Waals surface area (Å²) >= 11 is 2.97. The number of tetrazole rings is 1. The van der Waals surface area contributed by atoms with E-state index in [1.807, 2.05) is 48.0 Å².